The fraction of sp³-hybridized carbons (Fsp3) is 0.280. The minimum Gasteiger partial charge on any atom is -0.481 e. The molecule has 0 spiro atoms. The quantitative estimate of drug-likeness (QED) is 0.543. The van der Waals surface area contributed by atoms with Gasteiger partial charge >= 0.3 is 12.1 Å². The van der Waals surface area contributed by atoms with Crippen LogP contribution in [0.4, 0.5) is 9.93 Å². The van der Waals surface area contributed by atoms with Crippen molar-refractivity contribution in [3.63, 3.8) is 0 Å². The first-order chi connectivity index (χ1) is 16.4. The molecule has 1 aliphatic carbocycles. The molecular formula is C25H23N3O5S. The van der Waals surface area contributed by atoms with E-state index in [-0.39, 0.29) is 42.3 Å². The van der Waals surface area contributed by atoms with Gasteiger partial charge in [-0.3, -0.25) is 14.9 Å². The molecule has 0 bridgehead atoms. The van der Waals surface area contributed by atoms with Crippen molar-refractivity contribution in [3.8, 4) is 11.1 Å². The number of nitrogens with zero attached hydrogens (tertiary/aromatic N) is 2. The Labute approximate surface area is 200 Å². The second-order valence-corrected chi connectivity index (χ2v) is 9.45. The number of hydrogen-bond donors (Lipinski definition) is 2. The molecule has 3 aromatic rings. The number of likely N-dealkylation sites (tertiary alicyclic amines) is 1. The zero-order chi connectivity index (χ0) is 23.9. The Morgan fingerprint density at radius 2 is 1.74 bits per heavy atom. The second-order valence-electron chi connectivity index (χ2n) is 8.59. The first-order valence-corrected chi connectivity index (χ1v) is 11.9. The number of fused-ring (bicyclic) bond motifs is 3. The fourth-order valence-corrected chi connectivity index (χ4v) is 5.32. The van der Waals surface area contributed by atoms with Crippen LogP contribution in [0.2, 0.25) is 0 Å². The van der Waals surface area contributed by atoms with Gasteiger partial charge in [0.25, 0.3) is 5.91 Å². The number of carbonyl (C=O) groups excluding carboxylic acids is 2. The maximum Gasteiger partial charge on any atom is 0.413 e. The number of carboxylic acids is 1. The molecule has 174 valence electrons. The van der Waals surface area contributed by atoms with E-state index in [2.05, 4.69) is 22.4 Å². The number of anilines is 1. The number of carboxylic acid groups (broad SMARTS) is 1. The van der Waals surface area contributed by atoms with Crippen molar-refractivity contribution in [2.75, 3.05) is 25.0 Å². The highest BCUT2D eigenvalue weighted by Crippen LogP contribution is 2.44. The monoisotopic (exact) mass is 477 g/mol. The van der Waals surface area contributed by atoms with Crippen LogP contribution in [0, 0.1) is 5.41 Å². The van der Waals surface area contributed by atoms with Crippen LogP contribution in [0.15, 0.2) is 53.9 Å². The molecule has 2 heterocycles. The SMILES string of the molecule is CCC1(C(=O)O)CN(C(=O)c2csc(NC(=O)OCC3c4ccccc4-c4ccccc43)n2)C1. The molecule has 9 heteroatoms. The zero-order valence-corrected chi connectivity index (χ0v) is 19.3. The van der Waals surface area contributed by atoms with E-state index in [1.807, 2.05) is 36.4 Å². The van der Waals surface area contributed by atoms with E-state index in [0.29, 0.717) is 6.42 Å². The van der Waals surface area contributed by atoms with E-state index in [4.69, 9.17) is 4.74 Å². The molecule has 1 aliphatic heterocycles. The number of nitrogens with one attached hydrogen (secondary N) is 1. The summed E-state index contributed by atoms with van der Waals surface area (Å²) in [7, 11) is 0. The minimum atomic E-state index is -0.894. The van der Waals surface area contributed by atoms with Crippen molar-refractivity contribution in [1.82, 2.24) is 9.88 Å². The Bertz CT molecular complexity index is 1240. The number of benzene rings is 2. The Balaban J connectivity index is 1.19. The van der Waals surface area contributed by atoms with E-state index >= 15 is 0 Å². The van der Waals surface area contributed by atoms with Crippen LogP contribution >= 0.6 is 11.3 Å². The van der Waals surface area contributed by atoms with E-state index in [1.165, 1.54) is 4.90 Å². The maximum absolute atomic E-state index is 12.6. The van der Waals surface area contributed by atoms with Crippen molar-refractivity contribution < 1.29 is 24.2 Å². The van der Waals surface area contributed by atoms with Gasteiger partial charge in [-0.05, 0) is 28.7 Å². The lowest BCUT2D eigenvalue weighted by molar-refractivity contribution is -0.158. The zero-order valence-electron chi connectivity index (χ0n) is 18.5. The normalized spacial score (nSPS) is 15.7. The summed E-state index contributed by atoms with van der Waals surface area (Å²) in [6.07, 6.45) is -0.187. The predicted molar refractivity (Wildman–Crippen MR) is 127 cm³/mol. The number of aliphatic carboxylic acids is 1. The average Bonchev–Trinajstić information content (AvgIpc) is 3.40. The molecule has 8 nitrogen and oxygen atoms in total. The molecule has 1 saturated heterocycles. The number of rotatable bonds is 6. The third kappa shape index (κ3) is 3.71. The lowest BCUT2D eigenvalue weighted by atomic mass is 9.77. The second kappa shape index (κ2) is 8.57. The van der Waals surface area contributed by atoms with Gasteiger partial charge < -0.3 is 14.7 Å². The summed E-state index contributed by atoms with van der Waals surface area (Å²) in [4.78, 5) is 42.2. The Kier molecular flexibility index (Phi) is 5.57. The van der Waals surface area contributed by atoms with Gasteiger partial charge in [-0.2, -0.15) is 0 Å². The molecule has 1 fully saturated rings. The number of thiazole rings is 1. The number of carbonyl (C=O) groups is 3. The highest BCUT2D eigenvalue weighted by molar-refractivity contribution is 7.14. The number of hydrogen-bond acceptors (Lipinski definition) is 6. The lowest BCUT2D eigenvalue weighted by Crippen LogP contribution is -2.61. The van der Waals surface area contributed by atoms with Crippen LogP contribution < -0.4 is 5.32 Å². The van der Waals surface area contributed by atoms with Crippen molar-refractivity contribution in [3.05, 3.63) is 70.7 Å². The van der Waals surface area contributed by atoms with Gasteiger partial charge in [-0.15, -0.1) is 11.3 Å². The lowest BCUT2D eigenvalue weighted by Gasteiger charge is -2.46. The highest BCUT2D eigenvalue weighted by atomic mass is 32.1. The van der Waals surface area contributed by atoms with Crippen molar-refractivity contribution in [2.45, 2.75) is 19.3 Å². The third-order valence-electron chi connectivity index (χ3n) is 6.68. The fourth-order valence-electron chi connectivity index (χ4n) is 4.65. The maximum atomic E-state index is 12.6. The molecule has 5 rings (SSSR count). The van der Waals surface area contributed by atoms with Gasteiger partial charge in [0.05, 0.1) is 0 Å². The van der Waals surface area contributed by atoms with Gasteiger partial charge in [0.15, 0.2) is 5.13 Å². The Morgan fingerprint density at radius 3 is 2.32 bits per heavy atom. The van der Waals surface area contributed by atoms with Gasteiger partial charge in [0.2, 0.25) is 0 Å². The molecule has 0 atom stereocenters. The van der Waals surface area contributed by atoms with Crippen molar-refractivity contribution in [2.24, 2.45) is 5.41 Å². The largest absolute Gasteiger partial charge is 0.481 e. The van der Waals surface area contributed by atoms with Gasteiger partial charge in [0.1, 0.15) is 17.7 Å². The van der Waals surface area contributed by atoms with Crippen LogP contribution in [-0.2, 0) is 9.53 Å². The molecular weight excluding hydrogens is 454 g/mol. The standard InChI is InChI=1S/C25H23N3O5S/c1-2-25(22(30)31)13-28(14-25)21(29)20-12-34-23(26-20)27-24(32)33-11-19-17-9-5-3-7-15(17)16-8-4-6-10-18(16)19/h3-10,12,19H,2,11,13-14H2,1H3,(H,30,31)(H,26,27,32). The molecule has 2 amide bonds. The van der Waals surface area contributed by atoms with Crippen molar-refractivity contribution in [1.29, 1.82) is 0 Å². The van der Waals surface area contributed by atoms with Crippen LogP contribution in [0.5, 0.6) is 0 Å². The summed E-state index contributed by atoms with van der Waals surface area (Å²) in [5.41, 5.74) is 3.84. The molecule has 34 heavy (non-hydrogen) atoms. The first-order valence-electron chi connectivity index (χ1n) is 11.0. The molecule has 1 aromatic heterocycles. The van der Waals surface area contributed by atoms with Gasteiger partial charge in [0, 0.05) is 24.4 Å². The van der Waals surface area contributed by atoms with Crippen LogP contribution in [0.25, 0.3) is 11.1 Å². The van der Waals surface area contributed by atoms with Crippen LogP contribution in [-0.4, -0.2) is 52.7 Å². The minimum absolute atomic E-state index is 0.0499. The highest BCUT2D eigenvalue weighted by Gasteiger charge is 2.50. The van der Waals surface area contributed by atoms with Gasteiger partial charge in [-0.25, -0.2) is 9.78 Å². The third-order valence-corrected chi connectivity index (χ3v) is 7.44. The van der Waals surface area contributed by atoms with Crippen molar-refractivity contribution >= 4 is 34.4 Å². The Hall–Kier alpha value is -3.72. The topological polar surface area (TPSA) is 109 Å². The molecule has 0 saturated carbocycles. The number of ether oxygens (including phenoxy) is 1. The summed E-state index contributed by atoms with van der Waals surface area (Å²) in [6, 6.07) is 16.2. The summed E-state index contributed by atoms with van der Waals surface area (Å²) in [5.74, 6) is -1.29. The Morgan fingerprint density at radius 1 is 1.12 bits per heavy atom. The molecule has 0 radical (unpaired) electrons. The molecule has 0 unspecified atom stereocenters. The van der Waals surface area contributed by atoms with Gasteiger partial charge in [-0.1, -0.05) is 55.5 Å². The predicted octanol–water partition coefficient (Wildman–Crippen LogP) is 4.44. The summed E-state index contributed by atoms with van der Waals surface area (Å²) < 4.78 is 5.52. The smallest absolute Gasteiger partial charge is 0.413 e. The van der Waals surface area contributed by atoms with Crippen LogP contribution in [0.1, 0.15) is 40.9 Å². The van der Waals surface area contributed by atoms with Crippen LogP contribution in [0.3, 0.4) is 0 Å². The summed E-state index contributed by atoms with van der Waals surface area (Å²) >= 11 is 1.12. The first kappa shape index (κ1) is 22.1. The number of amides is 2. The van der Waals surface area contributed by atoms with E-state index in [0.717, 1.165) is 33.6 Å². The molecule has 2 aliphatic rings. The number of aromatic nitrogens is 1. The summed E-state index contributed by atoms with van der Waals surface area (Å²) in [5, 5.41) is 13.8. The van der Waals surface area contributed by atoms with E-state index < -0.39 is 17.5 Å². The van der Waals surface area contributed by atoms with E-state index in [9.17, 15) is 19.5 Å². The molecule has 2 N–H and O–H groups in total. The molecule has 2 aromatic carbocycles. The summed E-state index contributed by atoms with van der Waals surface area (Å²) in [6.45, 7) is 2.29. The average molecular weight is 478 g/mol. The van der Waals surface area contributed by atoms with E-state index in [1.54, 1.807) is 12.3 Å².